The van der Waals surface area contributed by atoms with Crippen LogP contribution in [0.2, 0.25) is 0 Å². The van der Waals surface area contributed by atoms with E-state index >= 15 is 0 Å². The van der Waals surface area contributed by atoms with Crippen molar-refractivity contribution in [2.75, 3.05) is 18.4 Å². The van der Waals surface area contributed by atoms with Crippen LogP contribution in [0.1, 0.15) is 30.4 Å². The summed E-state index contributed by atoms with van der Waals surface area (Å²) in [6.45, 7) is 1.64. The van der Waals surface area contributed by atoms with E-state index in [1.165, 1.54) is 6.07 Å². The molecule has 0 spiro atoms. The van der Waals surface area contributed by atoms with Crippen LogP contribution < -0.4 is 10.6 Å². The number of hydrogen-bond acceptors (Lipinski definition) is 4. The monoisotopic (exact) mass is 544 g/mol. The van der Waals surface area contributed by atoms with Gasteiger partial charge in [0, 0.05) is 30.3 Å². The fourth-order valence-electron chi connectivity index (χ4n) is 6.16. The second kappa shape index (κ2) is 9.02. The number of nitrogens with zero attached hydrogens (tertiary/aromatic N) is 2. The number of carbonyl (C=O) groups is 2. The Labute approximate surface area is 228 Å². The van der Waals surface area contributed by atoms with Gasteiger partial charge in [0.15, 0.2) is 0 Å². The Balaban J connectivity index is 1.30. The van der Waals surface area contributed by atoms with Crippen LogP contribution in [0.15, 0.2) is 60.7 Å². The third-order valence-corrected chi connectivity index (χ3v) is 8.46. The smallest absolute Gasteiger partial charge is 0.326 e. The standard InChI is InChI=1S/C31H27F3N4O2/c32-31(33,34)23-8-10-26-25(15-23)37-29(38(26)17-30(11-12-35-16-30)28(40)19-3-4-19)20-5-1-18(2-6-20)21-7-9-24-22(13-21)14-27(39)36-24/h1-2,5-10,13,15,19,35H,3-4,11-12,14,16-17H2,(H,36,39)/t30-/m0/s1. The van der Waals surface area contributed by atoms with Gasteiger partial charge in [-0.25, -0.2) is 4.98 Å². The van der Waals surface area contributed by atoms with Crippen molar-refractivity contribution < 1.29 is 22.8 Å². The summed E-state index contributed by atoms with van der Waals surface area (Å²) in [5.41, 5.74) is 3.93. The van der Waals surface area contributed by atoms with Crippen molar-refractivity contribution in [3.05, 3.63) is 71.8 Å². The summed E-state index contributed by atoms with van der Waals surface area (Å²) in [7, 11) is 0. The van der Waals surface area contributed by atoms with Gasteiger partial charge in [-0.15, -0.1) is 0 Å². The number of aromatic nitrogens is 2. The maximum atomic E-state index is 13.5. The van der Waals surface area contributed by atoms with Gasteiger partial charge in [0.2, 0.25) is 5.91 Å². The zero-order valence-corrected chi connectivity index (χ0v) is 21.6. The Morgan fingerprint density at radius 2 is 1.75 bits per heavy atom. The number of carbonyl (C=O) groups excluding carboxylic acids is 2. The number of benzene rings is 3. The SMILES string of the molecule is O=C1Cc2cc(-c3ccc(-c4nc5cc(C(F)(F)F)ccc5n4C[C@]4(C(=O)C5CC5)CCNC4)cc3)ccc2N1. The molecule has 1 saturated heterocycles. The number of nitrogens with one attached hydrogen (secondary N) is 2. The summed E-state index contributed by atoms with van der Waals surface area (Å²) in [5, 5.41) is 6.18. The molecule has 3 heterocycles. The summed E-state index contributed by atoms with van der Waals surface area (Å²) in [6.07, 6.45) is -1.63. The minimum atomic E-state index is -4.48. The summed E-state index contributed by atoms with van der Waals surface area (Å²) in [4.78, 5) is 29.9. The first kappa shape index (κ1) is 25.0. The molecule has 6 nitrogen and oxygen atoms in total. The molecule has 1 amide bonds. The molecule has 2 N–H and O–H groups in total. The van der Waals surface area contributed by atoms with Gasteiger partial charge in [0.25, 0.3) is 0 Å². The van der Waals surface area contributed by atoms with E-state index in [1.54, 1.807) is 0 Å². The number of Topliss-reactive ketones (excluding diaryl/α,β-unsaturated/α-hetero) is 1. The highest BCUT2D eigenvalue weighted by atomic mass is 19.4. The number of fused-ring (bicyclic) bond motifs is 2. The second-order valence-corrected chi connectivity index (χ2v) is 11.2. The molecule has 3 aromatic carbocycles. The van der Waals surface area contributed by atoms with E-state index < -0.39 is 17.2 Å². The number of alkyl halides is 3. The Morgan fingerprint density at radius 3 is 2.45 bits per heavy atom. The van der Waals surface area contributed by atoms with Crippen LogP contribution in [-0.2, 0) is 28.7 Å². The Kier molecular flexibility index (Phi) is 5.64. The predicted molar refractivity (Wildman–Crippen MR) is 146 cm³/mol. The van der Waals surface area contributed by atoms with E-state index in [9.17, 15) is 22.8 Å². The largest absolute Gasteiger partial charge is 0.416 e. The molecular formula is C31H27F3N4O2. The van der Waals surface area contributed by atoms with E-state index in [2.05, 4.69) is 10.6 Å². The molecule has 1 saturated carbocycles. The average molecular weight is 545 g/mol. The lowest BCUT2D eigenvalue weighted by molar-refractivity contribution is -0.137. The van der Waals surface area contributed by atoms with Gasteiger partial charge in [0.1, 0.15) is 11.6 Å². The molecule has 9 heteroatoms. The highest BCUT2D eigenvalue weighted by Crippen LogP contribution is 2.43. The molecule has 3 aliphatic rings. The normalized spacial score (nSPS) is 20.6. The number of imidazole rings is 1. The van der Waals surface area contributed by atoms with Crippen molar-refractivity contribution in [1.29, 1.82) is 0 Å². The number of halogens is 3. The molecule has 1 aliphatic carbocycles. The third-order valence-electron chi connectivity index (χ3n) is 8.46. The van der Waals surface area contributed by atoms with E-state index in [0.717, 1.165) is 59.5 Å². The first-order chi connectivity index (χ1) is 19.2. The van der Waals surface area contributed by atoms with Crippen molar-refractivity contribution >= 4 is 28.4 Å². The highest BCUT2D eigenvalue weighted by molar-refractivity contribution is 5.99. The molecule has 40 heavy (non-hydrogen) atoms. The number of ketones is 1. The van der Waals surface area contributed by atoms with Gasteiger partial charge in [0.05, 0.1) is 28.4 Å². The van der Waals surface area contributed by atoms with Crippen molar-refractivity contribution in [3.8, 4) is 22.5 Å². The third kappa shape index (κ3) is 4.29. The lowest BCUT2D eigenvalue weighted by Crippen LogP contribution is -2.39. The van der Waals surface area contributed by atoms with Crippen LogP contribution >= 0.6 is 0 Å². The zero-order valence-electron chi connectivity index (χ0n) is 21.6. The predicted octanol–water partition coefficient (Wildman–Crippen LogP) is 5.84. The molecule has 2 aliphatic heterocycles. The highest BCUT2D eigenvalue weighted by Gasteiger charge is 2.48. The number of anilines is 1. The van der Waals surface area contributed by atoms with Crippen LogP contribution in [0, 0.1) is 11.3 Å². The van der Waals surface area contributed by atoms with Gasteiger partial charge in [-0.3, -0.25) is 9.59 Å². The van der Waals surface area contributed by atoms with Crippen molar-refractivity contribution in [1.82, 2.24) is 14.9 Å². The van der Waals surface area contributed by atoms with Crippen molar-refractivity contribution in [2.45, 2.75) is 38.4 Å². The van der Waals surface area contributed by atoms with Gasteiger partial charge in [-0.2, -0.15) is 13.2 Å². The molecule has 2 fully saturated rings. The molecule has 0 bridgehead atoms. The molecule has 1 atom stereocenters. The summed E-state index contributed by atoms with van der Waals surface area (Å²) >= 11 is 0. The fourth-order valence-corrected chi connectivity index (χ4v) is 6.16. The Hall–Kier alpha value is -3.98. The second-order valence-electron chi connectivity index (χ2n) is 11.2. The van der Waals surface area contributed by atoms with Gasteiger partial charge in [-0.1, -0.05) is 30.3 Å². The van der Waals surface area contributed by atoms with Gasteiger partial charge in [-0.05, 0) is 72.8 Å². The minimum absolute atomic E-state index is 0.0227. The van der Waals surface area contributed by atoms with Gasteiger partial charge < -0.3 is 15.2 Å². The average Bonchev–Trinajstić information content (AvgIpc) is 3.39. The first-order valence-corrected chi connectivity index (χ1v) is 13.6. The lowest BCUT2D eigenvalue weighted by Gasteiger charge is -2.28. The topological polar surface area (TPSA) is 76.0 Å². The minimum Gasteiger partial charge on any atom is -0.326 e. The molecule has 1 aromatic heterocycles. The fraction of sp³-hybridized carbons (Fsp3) is 0.323. The molecular weight excluding hydrogens is 517 g/mol. The van der Waals surface area contributed by atoms with E-state index in [0.29, 0.717) is 37.3 Å². The van der Waals surface area contributed by atoms with E-state index in [1.807, 2.05) is 47.0 Å². The molecule has 4 aromatic rings. The molecule has 204 valence electrons. The maximum absolute atomic E-state index is 13.5. The summed E-state index contributed by atoms with van der Waals surface area (Å²) < 4.78 is 42.5. The van der Waals surface area contributed by atoms with Gasteiger partial charge >= 0.3 is 6.18 Å². The molecule has 7 rings (SSSR count). The summed E-state index contributed by atoms with van der Waals surface area (Å²) in [6, 6.07) is 17.2. The van der Waals surface area contributed by atoms with Crippen LogP contribution in [0.4, 0.5) is 18.9 Å². The molecule has 0 unspecified atom stereocenters. The van der Waals surface area contributed by atoms with Crippen LogP contribution in [0.5, 0.6) is 0 Å². The van der Waals surface area contributed by atoms with Crippen molar-refractivity contribution in [3.63, 3.8) is 0 Å². The first-order valence-electron chi connectivity index (χ1n) is 13.6. The zero-order chi connectivity index (χ0) is 27.6. The maximum Gasteiger partial charge on any atom is 0.416 e. The van der Waals surface area contributed by atoms with E-state index in [-0.39, 0.29) is 23.1 Å². The Bertz CT molecular complexity index is 1660. The van der Waals surface area contributed by atoms with Crippen molar-refractivity contribution in [2.24, 2.45) is 11.3 Å². The lowest BCUT2D eigenvalue weighted by atomic mass is 9.80. The number of rotatable bonds is 6. The quantitative estimate of drug-likeness (QED) is 0.320. The summed E-state index contributed by atoms with van der Waals surface area (Å²) in [5.74, 6) is 0.842. The van der Waals surface area contributed by atoms with Crippen LogP contribution in [-0.4, -0.2) is 34.3 Å². The number of amides is 1. The molecule has 0 radical (unpaired) electrons. The Morgan fingerprint density at radius 1 is 1.00 bits per heavy atom. The van der Waals surface area contributed by atoms with Crippen LogP contribution in [0.25, 0.3) is 33.5 Å². The van der Waals surface area contributed by atoms with E-state index in [4.69, 9.17) is 4.98 Å². The number of hydrogen-bond donors (Lipinski definition) is 2. The van der Waals surface area contributed by atoms with Crippen LogP contribution in [0.3, 0.4) is 0 Å².